The van der Waals surface area contributed by atoms with E-state index in [1.54, 1.807) is 14.2 Å². The molecule has 1 aromatic carbocycles. The minimum atomic E-state index is 0.117. The van der Waals surface area contributed by atoms with E-state index in [0.29, 0.717) is 0 Å². The van der Waals surface area contributed by atoms with Crippen LogP contribution in [-0.4, -0.2) is 25.7 Å². The van der Waals surface area contributed by atoms with Crippen molar-refractivity contribution in [2.75, 3.05) is 20.8 Å². The molecule has 0 spiro atoms. The molecule has 1 aliphatic rings. The van der Waals surface area contributed by atoms with Crippen LogP contribution in [0.5, 0.6) is 11.5 Å². The first-order valence-corrected chi connectivity index (χ1v) is 6.72. The first kappa shape index (κ1) is 12.9. The summed E-state index contributed by atoms with van der Waals surface area (Å²) >= 11 is 0. The lowest BCUT2D eigenvalue weighted by atomic mass is 9.89. The highest BCUT2D eigenvalue weighted by atomic mass is 16.5. The van der Waals surface area contributed by atoms with Crippen LogP contribution in [0.25, 0.3) is 0 Å². The van der Waals surface area contributed by atoms with E-state index in [-0.39, 0.29) is 6.04 Å². The number of ether oxygens (including phenoxy) is 2. The number of hydrogen-bond donors (Lipinski definition) is 1. The lowest BCUT2D eigenvalue weighted by molar-refractivity contribution is 0.382. The molecule has 0 bridgehead atoms. The predicted octanol–water partition coefficient (Wildman–Crippen LogP) is 2.33. The number of hydrogen-bond acceptors (Lipinski definition) is 4. The Morgan fingerprint density at radius 3 is 2.45 bits per heavy atom. The van der Waals surface area contributed by atoms with E-state index in [9.17, 15) is 0 Å². The van der Waals surface area contributed by atoms with E-state index in [2.05, 4.69) is 10.3 Å². The summed E-state index contributed by atoms with van der Waals surface area (Å²) < 4.78 is 11.1. The van der Waals surface area contributed by atoms with Gasteiger partial charge in [0.2, 0.25) is 0 Å². The Balaban J connectivity index is 2.16. The molecule has 0 saturated heterocycles. The molecule has 0 radical (unpaired) electrons. The molecule has 3 rings (SSSR count). The fourth-order valence-corrected chi connectivity index (χ4v) is 2.85. The van der Waals surface area contributed by atoms with E-state index in [1.807, 2.05) is 36.7 Å². The van der Waals surface area contributed by atoms with Gasteiger partial charge in [0, 0.05) is 30.1 Å². The van der Waals surface area contributed by atoms with Crippen LogP contribution in [0.3, 0.4) is 0 Å². The summed E-state index contributed by atoms with van der Waals surface area (Å²) in [4.78, 5) is 4.09. The molecule has 104 valence electrons. The molecule has 1 aromatic heterocycles. The normalized spacial score (nSPS) is 17.4. The zero-order valence-electron chi connectivity index (χ0n) is 11.7. The van der Waals surface area contributed by atoms with Gasteiger partial charge in [0.25, 0.3) is 0 Å². The summed E-state index contributed by atoms with van der Waals surface area (Å²) in [6.07, 6.45) is 4.58. The number of nitrogens with zero attached hydrogens (tertiary/aromatic N) is 1. The first-order valence-electron chi connectivity index (χ1n) is 6.72. The van der Waals surface area contributed by atoms with Gasteiger partial charge < -0.3 is 14.8 Å². The van der Waals surface area contributed by atoms with E-state index in [0.717, 1.165) is 24.5 Å². The van der Waals surface area contributed by atoms with Gasteiger partial charge >= 0.3 is 0 Å². The lowest BCUT2D eigenvalue weighted by Gasteiger charge is -2.30. The molecule has 0 fully saturated rings. The van der Waals surface area contributed by atoms with Gasteiger partial charge in [-0.25, -0.2) is 0 Å². The Kier molecular flexibility index (Phi) is 3.56. The molecule has 0 amide bonds. The summed E-state index contributed by atoms with van der Waals surface area (Å²) in [6.45, 7) is 0.920. The molecule has 1 N–H and O–H groups in total. The second-order valence-corrected chi connectivity index (χ2v) is 4.78. The third kappa shape index (κ3) is 2.12. The largest absolute Gasteiger partial charge is 0.496 e. The molecule has 2 aromatic rings. The van der Waals surface area contributed by atoms with Crippen LogP contribution in [0, 0.1) is 0 Å². The molecule has 4 nitrogen and oxygen atoms in total. The fraction of sp³-hybridized carbons (Fsp3) is 0.312. The molecular formula is C16H18N2O2. The third-order valence-electron chi connectivity index (χ3n) is 3.77. The van der Waals surface area contributed by atoms with Gasteiger partial charge in [0.05, 0.1) is 20.3 Å². The highest BCUT2D eigenvalue weighted by Gasteiger charge is 2.27. The van der Waals surface area contributed by atoms with Gasteiger partial charge in [-0.15, -0.1) is 0 Å². The van der Waals surface area contributed by atoms with Crippen molar-refractivity contribution in [3.05, 3.63) is 53.3 Å². The average molecular weight is 270 g/mol. The van der Waals surface area contributed by atoms with Crippen LogP contribution in [0.15, 0.2) is 36.7 Å². The topological polar surface area (TPSA) is 43.4 Å². The average Bonchev–Trinajstić information content (AvgIpc) is 2.54. The van der Waals surface area contributed by atoms with Gasteiger partial charge in [0.15, 0.2) is 0 Å². The standard InChI is InChI=1S/C16H18N2O2/c1-19-13-3-4-14(20-2)15-12(13)7-10-18-16(15)11-5-8-17-9-6-11/h3-6,8-9,16,18H,7,10H2,1-2H3. The van der Waals surface area contributed by atoms with Gasteiger partial charge in [-0.05, 0) is 36.2 Å². The molecule has 0 aliphatic carbocycles. The summed E-state index contributed by atoms with van der Waals surface area (Å²) in [5, 5.41) is 3.55. The quantitative estimate of drug-likeness (QED) is 0.929. The van der Waals surface area contributed by atoms with Crippen molar-refractivity contribution in [3.63, 3.8) is 0 Å². The number of rotatable bonds is 3. The summed E-state index contributed by atoms with van der Waals surface area (Å²) in [6, 6.07) is 8.13. The van der Waals surface area contributed by atoms with Crippen LogP contribution in [-0.2, 0) is 6.42 Å². The molecule has 0 saturated carbocycles. The maximum atomic E-state index is 5.55. The summed E-state index contributed by atoms with van der Waals surface area (Å²) in [5.41, 5.74) is 3.59. The second kappa shape index (κ2) is 5.51. The van der Waals surface area contributed by atoms with Crippen LogP contribution in [0.1, 0.15) is 22.7 Å². The van der Waals surface area contributed by atoms with Crippen molar-refractivity contribution in [2.24, 2.45) is 0 Å². The van der Waals surface area contributed by atoms with Crippen molar-refractivity contribution in [1.82, 2.24) is 10.3 Å². The molecule has 1 unspecified atom stereocenters. The third-order valence-corrected chi connectivity index (χ3v) is 3.77. The van der Waals surface area contributed by atoms with Crippen molar-refractivity contribution in [3.8, 4) is 11.5 Å². The number of nitrogens with one attached hydrogen (secondary N) is 1. The Morgan fingerprint density at radius 2 is 1.75 bits per heavy atom. The minimum Gasteiger partial charge on any atom is -0.496 e. The number of methoxy groups -OCH3 is 2. The maximum absolute atomic E-state index is 5.55. The van der Waals surface area contributed by atoms with Gasteiger partial charge in [-0.1, -0.05) is 0 Å². The van der Waals surface area contributed by atoms with E-state index in [1.165, 1.54) is 16.7 Å². The monoisotopic (exact) mass is 270 g/mol. The van der Waals surface area contributed by atoms with Crippen LogP contribution < -0.4 is 14.8 Å². The Bertz CT molecular complexity index is 599. The zero-order valence-corrected chi connectivity index (χ0v) is 11.7. The number of fused-ring (bicyclic) bond motifs is 1. The maximum Gasteiger partial charge on any atom is 0.124 e. The summed E-state index contributed by atoms with van der Waals surface area (Å²) in [7, 11) is 3.42. The van der Waals surface area contributed by atoms with Gasteiger partial charge in [0.1, 0.15) is 11.5 Å². The fourth-order valence-electron chi connectivity index (χ4n) is 2.85. The molecule has 4 heteroatoms. The van der Waals surface area contributed by atoms with Crippen molar-refractivity contribution < 1.29 is 9.47 Å². The highest BCUT2D eigenvalue weighted by molar-refractivity contribution is 5.54. The van der Waals surface area contributed by atoms with E-state index >= 15 is 0 Å². The number of pyridine rings is 1. The molecule has 2 heterocycles. The minimum absolute atomic E-state index is 0.117. The highest BCUT2D eigenvalue weighted by Crippen LogP contribution is 2.39. The number of aromatic nitrogens is 1. The molecular weight excluding hydrogens is 252 g/mol. The second-order valence-electron chi connectivity index (χ2n) is 4.78. The van der Waals surface area contributed by atoms with Gasteiger partial charge in [-0.3, -0.25) is 4.98 Å². The van der Waals surface area contributed by atoms with Crippen molar-refractivity contribution in [1.29, 1.82) is 0 Å². The Labute approximate surface area is 118 Å². The van der Waals surface area contributed by atoms with Crippen molar-refractivity contribution in [2.45, 2.75) is 12.5 Å². The van der Waals surface area contributed by atoms with E-state index < -0.39 is 0 Å². The van der Waals surface area contributed by atoms with E-state index in [4.69, 9.17) is 9.47 Å². The molecule has 1 atom stereocenters. The van der Waals surface area contributed by atoms with Gasteiger partial charge in [-0.2, -0.15) is 0 Å². The zero-order chi connectivity index (χ0) is 13.9. The first-order chi connectivity index (χ1) is 9.85. The summed E-state index contributed by atoms with van der Waals surface area (Å²) in [5.74, 6) is 1.83. The Hall–Kier alpha value is -2.07. The SMILES string of the molecule is COc1ccc(OC)c2c1CCNC2c1ccncc1. The lowest BCUT2D eigenvalue weighted by Crippen LogP contribution is -2.31. The Morgan fingerprint density at radius 1 is 1.05 bits per heavy atom. The number of benzene rings is 1. The predicted molar refractivity (Wildman–Crippen MR) is 77.3 cm³/mol. The van der Waals surface area contributed by atoms with Crippen molar-refractivity contribution >= 4 is 0 Å². The molecule has 1 aliphatic heterocycles. The van der Waals surface area contributed by atoms with Crippen LogP contribution in [0.4, 0.5) is 0 Å². The smallest absolute Gasteiger partial charge is 0.124 e. The van der Waals surface area contributed by atoms with Crippen LogP contribution in [0.2, 0.25) is 0 Å². The van der Waals surface area contributed by atoms with Crippen LogP contribution >= 0.6 is 0 Å². The molecule has 20 heavy (non-hydrogen) atoms.